The van der Waals surface area contributed by atoms with E-state index in [4.69, 9.17) is 9.47 Å². The number of rotatable bonds is 4. The van der Waals surface area contributed by atoms with Crippen LogP contribution in [0.4, 0.5) is 0 Å². The molecule has 3 amide bonds. The number of carbonyl (C=O) groups is 3. The first kappa shape index (κ1) is 19.8. The maximum Gasteiger partial charge on any atom is 0.274 e. The van der Waals surface area contributed by atoms with Gasteiger partial charge in [-0.15, -0.1) is 16.9 Å². The molecule has 0 bridgehead atoms. The standard InChI is InChI=1S/C19H20N6O5S/c26-17(13-9-31-14-4-2-1-3-12(14)30-13)21-10-7-29-8-11(10)22-18(27)15-16-19(28)20-5-6-25(16)24-23-15/h1-4,10-11,13H,5-9H2,(H,20,28)(H,21,26)(H,22,27)/t10-,11+,13?/m1/s1. The number of fused-ring (bicyclic) bond motifs is 2. The average Bonchev–Trinajstić information content (AvgIpc) is 3.41. The number of para-hydroxylation sites is 1. The summed E-state index contributed by atoms with van der Waals surface area (Å²) in [4.78, 5) is 38.6. The number of carbonyl (C=O) groups excluding carboxylic acids is 3. The van der Waals surface area contributed by atoms with E-state index >= 15 is 0 Å². The number of nitrogens with zero attached hydrogens (tertiary/aromatic N) is 3. The second-order valence-corrected chi connectivity index (χ2v) is 8.42. The molecular formula is C19H20N6O5S. The van der Waals surface area contributed by atoms with E-state index in [1.807, 2.05) is 24.3 Å². The summed E-state index contributed by atoms with van der Waals surface area (Å²) >= 11 is 1.56. The number of hydrogen-bond donors (Lipinski definition) is 3. The second kappa shape index (κ2) is 8.19. The molecular weight excluding hydrogens is 424 g/mol. The molecule has 3 N–H and O–H groups in total. The fraction of sp³-hybridized carbons (Fsp3) is 0.421. The third kappa shape index (κ3) is 3.83. The Hall–Kier alpha value is -3.12. The topological polar surface area (TPSA) is 136 Å². The largest absolute Gasteiger partial charge is 0.479 e. The number of ether oxygens (including phenoxy) is 2. The van der Waals surface area contributed by atoms with Crippen LogP contribution in [0.25, 0.3) is 0 Å². The Morgan fingerprint density at radius 3 is 2.87 bits per heavy atom. The predicted octanol–water partition coefficient (Wildman–Crippen LogP) is -0.812. The van der Waals surface area contributed by atoms with Crippen LogP contribution in [0.15, 0.2) is 29.2 Å². The van der Waals surface area contributed by atoms with Crippen molar-refractivity contribution in [1.82, 2.24) is 30.9 Å². The van der Waals surface area contributed by atoms with Crippen molar-refractivity contribution in [1.29, 1.82) is 0 Å². The Morgan fingerprint density at radius 2 is 2.00 bits per heavy atom. The van der Waals surface area contributed by atoms with Gasteiger partial charge in [0, 0.05) is 17.2 Å². The van der Waals surface area contributed by atoms with Gasteiger partial charge in [0.15, 0.2) is 17.5 Å². The normalized spacial score (nSPS) is 24.4. The summed E-state index contributed by atoms with van der Waals surface area (Å²) in [5.74, 6) is -0.0128. The van der Waals surface area contributed by atoms with Crippen LogP contribution in [0, 0.1) is 0 Å². The van der Waals surface area contributed by atoms with Gasteiger partial charge in [0.05, 0.1) is 31.8 Å². The van der Waals surface area contributed by atoms with Crippen molar-refractivity contribution < 1.29 is 23.9 Å². The van der Waals surface area contributed by atoms with Crippen molar-refractivity contribution in [3.8, 4) is 5.75 Å². The van der Waals surface area contributed by atoms with Crippen LogP contribution in [0.5, 0.6) is 5.75 Å². The van der Waals surface area contributed by atoms with Gasteiger partial charge in [-0.2, -0.15) is 0 Å². The molecule has 3 aliphatic heterocycles. The SMILES string of the molecule is O=C(N[C@H]1COC[C@H]1NC(=O)C1CSc2ccccc2O1)c1nnn2c1C(=O)NCC2. The highest BCUT2D eigenvalue weighted by Crippen LogP contribution is 2.35. The summed E-state index contributed by atoms with van der Waals surface area (Å²) in [6, 6.07) is 6.67. The highest BCUT2D eigenvalue weighted by molar-refractivity contribution is 7.99. The highest BCUT2D eigenvalue weighted by atomic mass is 32.2. The molecule has 0 spiro atoms. The van der Waals surface area contributed by atoms with E-state index in [0.717, 1.165) is 4.90 Å². The molecule has 0 aliphatic carbocycles. The Labute approximate surface area is 181 Å². The number of aromatic nitrogens is 3. The number of thioether (sulfide) groups is 1. The Morgan fingerprint density at radius 1 is 1.19 bits per heavy atom. The zero-order valence-electron chi connectivity index (χ0n) is 16.4. The third-order valence-electron chi connectivity index (χ3n) is 5.30. The predicted molar refractivity (Wildman–Crippen MR) is 108 cm³/mol. The van der Waals surface area contributed by atoms with E-state index in [1.165, 1.54) is 4.68 Å². The number of hydrogen-bond acceptors (Lipinski definition) is 8. The fourth-order valence-corrected chi connectivity index (χ4v) is 4.69. The molecule has 5 rings (SSSR count). The van der Waals surface area contributed by atoms with Crippen LogP contribution in [-0.2, 0) is 16.1 Å². The second-order valence-electron chi connectivity index (χ2n) is 7.36. The molecule has 1 unspecified atom stereocenters. The molecule has 0 radical (unpaired) electrons. The number of amides is 3. The summed E-state index contributed by atoms with van der Waals surface area (Å²) < 4.78 is 12.7. The molecule has 12 heteroatoms. The lowest BCUT2D eigenvalue weighted by Gasteiger charge is -2.27. The van der Waals surface area contributed by atoms with Crippen LogP contribution in [-0.4, -0.2) is 76.4 Å². The summed E-state index contributed by atoms with van der Waals surface area (Å²) in [7, 11) is 0. The molecule has 1 fully saturated rings. The molecule has 4 heterocycles. The Bertz CT molecular complexity index is 1040. The smallest absolute Gasteiger partial charge is 0.274 e. The van der Waals surface area contributed by atoms with Gasteiger partial charge >= 0.3 is 0 Å². The minimum atomic E-state index is -0.634. The lowest BCUT2D eigenvalue weighted by Crippen LogP contribution is -2.54. The van der Waals surface area contributed by atoms with Crippen LogP contribution in [0.2, 0.25) is 0 Å². The van der Waals surface area contributed by atoms with E-state index in [1.54, 1.807) is 11.8 Å². The van der Waals surface area contributed by atoms with Crippen molar-refractivity contribution in [3.05, 3.63) is 35.7 Å². The van der Waals surface area contributed by atoms with Crippen molar-refractivity contribution in [2.24, 2.45) is 0 Å². The van der Waals surface area contributed by atoms with Crippen LogP contribution in [0.1, 0.15) is 21.0 Å². The molecule has 2 aromatic rings. The maximum atomic E-state index is 12.8. The van der Waals surface area contributed by atoms with Gasteiger partial charge in [-0.1, -0.05) is 17.3 Å². The van der Waals surface area contributed by atoms with E-state index < -0.39 is 24.1 Å². The van der Waals surface area contributed by atoms with Crippen LogP contribution < -0.4 is 20.7 Å². The first-order valence-corrected chi connectivity index (χ1v) is 10.9. The molecule has 3 aliphatic rings. The molecule has 3 atom stereocenters. The number of benzene rings is 1. The highest BCUT2D eigenvalue weighted by Gasteiger charge is 2.36. The monoisotopic (exact) mass is 444 g/mol. The van der Waals surface area contributed by atoms with E-state index in [9.17, 15) is 14.4 Å². The van der Waals surface area contributed by atoms with Crippen molar-refractivity contribution in [3.63, 3.8) is 0 Å². The average molecular weight is 444 g/mol. The molecule has 31 heavy (non-hydrogen) atoms. The van der Waals surface area contributed by atoms with Crippen molar-refractivity contribution in [2.75, 3.05) is 25.5 Å². The molecule has 162 valence electrons. The van der Waals surface area contributed by atoms with Gasteiger partial charge in [0.25, 0.3) is 17.7 Å². The van der Waals surface area contributed by atoms with Gasteiger partial charge in [-0.05, 0) is 12.1 Å². The van der Waals surface area contributed by atoms with E-state index in [-0.39, 0.29) is 36.4 Å². The minimum absolute atomic E-state index is 0.0437. The summed E-state index contributed by atoms with van der Waals surface area (Å²) in [6.07, 6.45) is -0.634. The van der Waals surface area contributed by atoms with Gasteiger partial charge < -0.3 is 25.4 Å². The molecule has 11 nitrogen and oxygen atoms in total. The van der Waals surface area contributed by atoms with E-state index in [0.29, 0.717) is 24.6 Å². The maximum absolute atomic E-state index is 12.8. The van der Waals surface area contributed by atoms with Crippen LogP contribution in [0.3, 0.4) is 0 Å². The van der Waals surface area contributed by atoms with Crippen molar-refractivity contribution in [2.45, 2.75) is 29.6 Å². The summed E-state index contributed by atoms with van der Waals surface area (Å²) in [5, 5.41) is 16.1. The molecule has 1 saturated heterocycles. The van der Waals surface area contributed by atoms with E-state index in [2.05, 4.69) is 26.3 Å². The van der Waals surface area contributed by atoms with Crippen LogP contribution >= 0.6 is 11.8 Å². The number of nitrogens with one attached hydrogen (secondary N) is 3. The molecule has 1 aromatic carbocycles. The summed E-state index contributed by atoms with van der Waals surface area (Å²) in [5.41, 5.74) is 0.0901. The lowest BCUT2D eigenvalue weighted by atomic mass is 10.1. The quantitative estimate of drug-likeness (QED) is 0.557. The lowest BCUT2D eigenvalue weighted by molar-refractivity contribution is -0.128. The molecule has 0 saturated carbocycles. The Kier molecular flexibility index (Phi) is 5.24. The zero-order chi connectivity index (χ0) is 21.4. The minimum Gasteiger partial charge on any atom is -0.479 e. The fourth-order valence-electron chi connectivity index (χ4n) is 3.71. The third-order valence-corrected chi connectivity index (χ3v) is 6.42. The first-order valence-electron chi connectivity index (χ1n) is 9.89. The summed E-state index contributed by atoms with van der Waals surface area (Å²) in [6.45, 7) is 1.38. The first-order chi connectivity index (χ1) is 15.1. The van der Waals surface area contributed by atoms with Crippen molar-refractivity contribution >= 4 is 29.5 Å². The van der Waals surface area contributed by atoms with Gasteiger partial charge in [-0.25, -0.2) is 4.68 Å². The van der Waals surface area contributed by atoms with Gasteiger partial charge in [-0.3, -0.25) is 14.4 Å². The Balaban J connectivity index is 1.23. The van der Waals surface area contributed by atoms with Gasteiger partial charge in [0.2, 0.25) is 0 Å². The zero-order valence-corrected chi connectivity index (χ0v) is 17.2. The molecule has 1 aromatic heterocycles. The van der Waals surface area contributed by atoms with Gasteiger partial charge in [0.1, 0.15) is 5.75 Å².